The predicted molar refractivity (Wildman–Crippen MR) is 97.0 cm³/mol. The zero-order valence-electron chi connectivity index (χ0n) is 13.8. The van der Waals surface area contributed by atoms with E-state index in [0.29, 0.717) is 29.4 Å². The number of nitrogens with two attached hydrogens (primary N) is 1. The van der Waals surface area contributed by atoms with Gasteiger partial charge < -0.3 is 21.5 Å². The van der Waals surface area contributed by atoms with Crippen molar-refractivity contribution in [1.29, 1.82) is 0 Å². The van der Waals surface area contributed by atoms with E-state index < -0.39 is 6.09 Å². The van der Waals surface area contributed by atoms with E-state index in [9.17, 15) is 9.59 Å². The number of rotatable bonds is 5. The van der Waals surface area contributed by atoms with Gasteiger partial charge in [0, 0.05) is 12.1 Å². The molecule has 0 aliphatic heterocycles. The summed E-state index contributed by atoms with van der Waals surface area (Å²) in [5.74, 6) is 0.153. The number of carbonyl (C=O) groups is 2. The molecule has 1 aliphatic rings. The number of para-hydroxylation sites is 2. The van der Waals surface area contributed by atoms with Gasteiger partial charge in [0.15, 0.2) is 0 Å². The normalized spacial score (nSPS) is 15.4. The second-order valence-corrected chi connectivity index (χ2v) is 6.21. The Hall–Kier alpha value is -3.02. The van der Waals surface area contributed by atoms with Crippen LogP contribution in [0.25, 0.3) is 0 Å². The first-order valence-corrected chi connectivity index (χ1v) is 8.30. The molecule has 1 aliphatic carbocycles. The lowest BCUT2D eigenvalue weighted by molar-refractivity contribution is 0.102. The summed E-state index contributed by atoms with van der Waals surface area (Å²) in [6.07, 6.45) is 1.66. The van der Waals surface area contributed by atoms with Gasteiger partial charge in [-0.15, -0.1) is 0 Å². The topological polar surface area (TPSA) is 104 Å². The van der Waals surface area contributed by atoms with Crippen LogP contribution >= 0.6 is 0 Å². The van der Waals surface area contributed by atoms with Gasteiger partial charge in [-0.05, 0) is 60.6 Å². The number of hydrogen-bond acceptors (Lipinski definition) is 3. The molecule has 0 bridgehead atoms. The fourth-order valence-electron chi connectivity index (χ4n) is 3.31. The highest BCUT2D eigenvalue weighted by atomic mass is 16.4. The molecular weight excluding hydrogens is 318 g/mol. The molecule has 3 rings (SSSR count). The molecule has 0 aromatic heterocycles. The second kappa shape index (κ2) is 7.25. The van der Waals surface area contributed by atoms with Crippen LogP contribution in [0.2, 0.25) is 0 Å². The molecule has 0 fully saturated rings. The number of nitrogens with one attached hydrogen (secondary N) is 2. The highest BCUT2D eigenvalue weighted by molar-refractivity contribution is 6.05. The van der Waals surface area contributed by atoms with Crippen molar-refractivity contribution < 1.29 is 14.7 Å². The maximum atomic E-state index is 12.5. The van der Waals surface area contributed by atoms with Crippen LogP contribution in [0.5, 0.6) is 0 Å². The molecule has 2 aromatic carbocycles. The Bertz CT molecular complexity index is 804. The molecule has 0 saturated carbocycles. The van der Waals surface area contributed by atoms with Crippen LogP contribution in [0.1, 0.15) is 40.2 Å². The number of benzene rings is 2. The first kappa shape index (κ1) is 16.8. The molecule has 130 valence electrons. The summed E-state index contributed by atoms with van der Waals surface area (Å²) in [6.45, 7) is 0.439. The molecule has 0 spiro atoms. The summed E-state index contributed by atoms with van der Waals surface area (Å²) >= 11 is 0. The highest BCUT2D eigenvalue weighted by Gasteiger charge is 2.23. The van der Waals surface area contributed by atoms with E-state index in [0.717, 1.165) is 24.8 Å². The van der Waals surface area contributed by atoms with Gasteiger partial charge in [-0.3, -0.25) is 4.79 Å². The summed E-state index contributed by atoms with van der Waals surface area (Å²) < 4.78 is 0. The van der Waals surface area contributed by atoms with Crippen LogP contribution < -0.4 is 16.4 Å². The molecule has 5 N–H and O–H groups in total. The van der Waals surface area contributed by atoms with E-state index in [4.69, 9.17) is 10.8 Å². The summed E-state index contributed by atoms with van der Waals surface area (Å²) in [4.78, 5) is 23.0. The third-order valence-corrected chi connectivity index (χ3v) is 4.59. The van der Waals surface area contributed by atoms with E-state index >= 15 is 0 Å². The number of fused-ring (bicyclic) bond motifs is 1. The molecule has 0 heterocycles. The second-order valence-electron chi connectivity index (χ2n) is 6.21. The lowest BCUT2D eigenvalue weighted by Gasteiger charge is -2.12. The minimum Gasteiger partial charge on any atom is -0.465 e. The Morgan fingerprint density at radius 2 is 2.00 bits per heavy atom. The van der Waals surface area contributed by atoms with Crippen molar-refractivity contribution in [3.8, 4) is 0 Å². The highest BCUT2D eigenvalue weighted by Crippen LogP contribution is 2.35. The van der Waals surface area contributed by atoms with E-state index in [1.54, 1.807) is 12.1 Å². The van der Waals surface area contributed by atoms with Gasteiger partial charge in [0.2, 0.25) is 0 Å². The van der Waals surface area contributed by atoms with Crippen molar-refractivity contribution >= 4 is 23.4 Å². The zero-order chi connectivity index (χ0) is 17.8. The Kier molecular flexibility index (Phi) is 4.88. The van der Waals surface area contributed by atoms with Gasteiger partial charge in [0.25, 0.3) is 5.91 Å². The molecule has 6 heteroatoms. The predicted octanol–water partition coefficient (Wildman–Crippen LogP) is 3.21. The van der Waals surface area contributed by atoms with Gasteiger partial charge in [0.05, 0.1) is 11.4 Å². The van der Waals surface area contributed by atoms with Crippen LogP contribution in [-0.4, -0.2) is 23.7 Å². The number of aryl methyl sites for hydroxylation is 1. The quantitative estimate of drug-likeness (QED) is 0.628. The van der Waals surface area contributed by atoms with Gasteiger partial charge in [-0.2, -0.15) is 0 Å². The Balaban J connectivity index is 1.68. The first-order chi connectivity index (χ1) is 12.0. The molecule has 6 nitrogen and oxygen atoms in total. The zero-order valence-corrected chi connectivity index (χ0v) is 13.8. The largest absolute Gasteiger partial charge is 0.465 e. The number of carbonyl (C=O) groups excluding carboxylic acids is 1. The van der Waals surface area contributed by atoms with Gasteiger partial charge in [0.1, 0.15) is 0 Å². The van der Waals surface area contributed by atoms with Crippen LogP contribution in [0.3, 0.4) is 0 Å². The number of carboxylic acid groups (broad SMARTS) is 1. The van der Waals surface area contributed by atoms with Crippen molar-refractivity contribution in [2.24, 2.45) is 0 Å². The number of amides is 2. The van der Waals surface area contributed by atoms with Crippen LogP contribution in [0.4, 0.5) is 16.2 Å². The van der Waals surface area contributed by atoms with Crippen LogP contribution in [-0.2, 0) is 6.42 Å². The molecule has 1 atom stereocenters. The Morgan fingerprint density at radius 3 is 2.76 bits per heavy atom. The molecule has 0 radical (unpaired) electrons. The maximum Gasteiger partial charge on any atom is 0.404 e. The third-order valence-electron chi connectivity index (χ3n) is 4.59. The number of hydrogen-bond donors (Lipinski definition) is 4. The lowest BCUT2D eigenvalue weighted by Crippen LogP contribution is -2.23. The van der Waals surface area contributed by atoms with Gasteiger partial charge in [-0.25, -0.2) is 4.79 Å². The van der Waals surface area contributed by atoms with Crippen LogP contribution in [0.15, 0.2) is 42.5 Å². The van der Waals surface area contributed by atoms with E-state index in [1.165, 1.54) is 5.56 Å². The number of nitrogen functional groups attached to an aromatic ring is 1. The molecule has 25 heavy (non-hydrogen) atoms. The monoisotopic (exact) mass is 339 g/mol. The van der Waals surface area contributed by atoms with E-state index in [-0.39, 0.29) is 5.91 Å². The summed E-state index contributed by atoms with van der Waals surface area (Å²) in [7, 11) is 0. The first-order valence-electron chi connectivity index (χ1n) is 8.30. The Labute approximate surface area is 146 Å². The minimum atomic E-state index is -0.995. The third kappa shape index (κ3) is 3.91. The van der Waals surface area contributed by atoms with Crippen LogP contribution in [0, 0.1) is 0 Å². The molecule has 0 saturated heterocycles. The van der Waals surface area contributed by atoms with Gasteiger partial charge >= 0.3 is 6.09 Å². The molecule has 2 amide bonds. The maximum absolute atomic E-state index is 12.5. The standard InChI is InChI=1S/C19H21N3O3/c20-16-3-1-2-4-17(16)22-18(23)14-7-8-15-12(5-6-13(15)11-14)9-10-21-19(24)25/h1-4,7-8,11-12,21H,5-6,9-10,20H2,(H,22,23)(H,24,25). The van der Waals surface area contributed by atoms with Crippen molar-refractivity contribution in [1.82, 2.24) is 5.32 Å². The SMILES string of the molecule is Nc1ccccc1NC(=O)c1ccc2c(c1)CCC2CCNC(=O)O. The van der Waals surface area contributed by atoms with E-state index in [2.05, 4.69) is 10.6 Å². The summed E-state index contributed by atoms with van der Waals surface area (Å²) in [5, 5.41) is 13.9. The molecule has 2 aromatic rings. The summed E-state index contributed by atoms with van der Waals surface area (Å²) in [5.41, 5.74) is 9.97. The van der Waals surface area contributed by atoms with Crippen molar-refractivity contribution in [3.63, 3.8) is 0 Å². The number of anilines is 2. The smallest absolute Gasteiger partial charge is 0.404 e. The fraction of sp³-hybridized carbons (Fsp3) is 0.263. The van der Waals surface area contributed by atoms with Crippen molar-refractivity contribution in [2.75, 3.05) is 17.6 Å². The lowest BCUT2D eigenvalue weighted by atomic mass is 9.96. The molecule has 1 unspecified atom stereocenters. The fourth-order valence-corrected chi connectivity index (χ4v) is 3.31. The minimum absolute atomic E-state index is 0.184. The molecular formula is C19H21N3O3. The average molecular weight is 339 g/mol. The van der Waals surface area contributed by atoms with Crippen molar-refractivity contribution in [3.05, 3.63) is 59.2 Å². The summed E-state index contributed by atoms with van der Waals surface area (Å²) in [6, 6.07) is 12.9. The average Bonchev–Trinajstić information content (AvgIpc) is 2.99. The Morgan fingerprint density at radius 1 is 1.20 bits per heavy atom. The van der Waals surface area contributed by atoms with E-state index in [1.807, 2.05) is 30.3 Å². The van der Waals surface area contributed by atoms with Crippen molar-refractivity contribution in [2.45, 2.75) is 25.2 Å². The van der Waals surface area contributed by atoms with Gasteiger partial charge in [-0.1, -0.05) is 18.2 Å².